The summed E-state index contributed by atoms with van der Waals surface area (Å²) >= 11 is 0. The van der Waals surface area contributed by atoms with Gasteiger partial charge in [-0.3, -0.25) is 4.79 Å². The lowest BCUT2D eigenvalue weighted by atomic mass is 10.2. The van der Waals surface area contributed by atoms with Gasteiger partial charge >= 0.3 is 5.97 Å². The molecular formula is C17H18O3. The third-order valence-electron chi connectivity index (χ3n) is 2.77. The summed E-state index contributed by atoms with van der Waals surface area (Å²) in [4.78, 5) is 11.5. The molecule has 3 heteroatoms. The molecule has 0 aliphatic carbocycles. The number of para-hydroxylation sites is 1. The maximum atomic E-state index is 11.5. The van der Waals surface area contributed by atoms with Crippen molar-refractivity contribution in [1.29, 1.82) is 0 Å². The van der Waals surface area contributed by atoms with Crippen molar-refractivity contribution < 1.29 is 14.3 Å². The molecule has 2 rings (SSSR count). The molecule has 104 valence electrons. The predicted octanol–water partition coefficient (Wildman–Crippen LogP) is 4.57. The van der Waals surface area contributed by atoms with Crippen LogP contribution < -0.4 is 9.47 Å². The fourth-order valence-corrected chi connectivity index (χ4v) is 1.70. The van der Waals surface area contributed by atoms with Gasteiger partial charge in [0.25, 0.3) is 0 Å². The predicted molar refractivity (Wildman–Crippen MR) is 78.1 cm³/mol. The Morgan fingerprint density at radius 1 is 0.900 bits per heavy atom. The first kappa shape index (κ1) is 14.1. The number of esters is 1. The Morgan fingerprint density at radius 2 is 1.50 bits per heavy atom. The lowest BCUT2D eigenvalue weighted by Crippen LogP contribution is -2.07. The summed E-state index contributed by atoms with van der Waals surface area (Å²) in [6.45, 7) is 2.04. The highest BCUT2D eigenvalue weighted by Crippen LogP contribution is 2.23. The van der Waals surface area contributed by atoms with Crippen molar-refractivity contribution in [1.82, 2.24) is 0 Å². The number of carbonyl (C=O) groups is 1. The van der Waals surface area contributed by atoms with Crippen LogP contribution in [0.15, 0.2) is 54.6 Å². The number of hydrogen-bond donors (Lipinski definition) is 0. The van der Waals surface area contributed by atoms with Crippen LogP contribution in [0.3, 0.4) is 0 Å². The topological polar surface area (TPSA) is 35.5 Å². The van der Waals surface area contributed by atoms with E-state index in [2.05, 4.69) is 0 Å². The molecule has 0 heterocycles. The third kappa shape index (κ3) is 4.43. The van der Waals surface area contributed by atoms with E-state index in [1.165, 1.54) is 0 Å². The van der Waals surface area contributed by atoms with Crippen molar-refractivity contribution in [2.24, 2.45) is 0 Å². The monoisotopic (exact) mass is 270 g/mol. The number of carbonyl (C=O) groups excluding carboxylic acids is 1. The summed E-state index contributed by atoms with van der Waals surface area (Å²) in [6, 6.07) is 16.6. The molecular weight excluding hydrogens is 252 g/mol. The molecule has 0 fully saturated rings. The van der Waals surface area contributed by atoms with Crippen molar-refractivity contribution in [3.63, 3.8) is 0 Å². The van der Waals surface area contributed by atoms with E-state index in [-0.39, 0.29) is 5.97 Å². The normalized spacial score (nSPS) is 10.1. The number of benzene rings is 2. The smallest absolute Gasteiger partial charge is 0.311 e. The van der Waals surface area contributed by atoms with E-state index in [1.54, 1.807) is 24.3 Å². The fourth-order valence-electron chi connectivity index (χ4n) is 1.70. The molecule has 0 aliphatic rings. The highest BCUT2D eigenvalue weighted by Gasteiger charge is 2.04. The zero-order chi connectivity index (χ0) is 14.2. The summed E-state index contributed by atoms with van der Waals surface area (Å²) in [5.41, 5.74) is 0. The number of ether oxygens (including phenoxy) is 2. The van der Waals surface area contributed by atoms with Gasteiger partial charge in [0.1, 0.15) is 17.2 Å². The number of unbranched alkanes of at least 4 members (excludes halogenated alkanes) is 1. The van der Waals surface area contributed by atoms with E-state index < -0.39 is 0 Å². The van der Waals surface area contributed by atoms with Crippen LogP contribution in [0.1, 0.15) is 26.2 Å². The van der Waals surface area contributed by atoms with Crippen LogP contribution in [-0.2, 0) is 4.79 Å². The van der Waals surface area contributed by atoms with Crippen LogP contribution >= 0.6 is 0 Å². The van der Waals surface area contributed by atoms with E-state index >= 15 is 0 Å². The van der Waals surface area contributed by atoms with Crippen molar-refractivity contribution in [2.75, 3.05) is 0 Å². The fraction of sp³-hybridized carbons (Fsp3) is 0.235. The first-order valence-corrected chi connectivity index (χ1v) is 6.81. The van der Waals surface area contributed by atoms with Gasteiger partial charge in [0.2, 0.25) is 0 Å². The molecule has 0 bridgehead atoms. The van der Waals surface area contributed by atoms with Gasteiger partial charge in [-0.15, -0.1) is 0 Å². The van der Waals surface area contributed by atoms with E-state index in [4.69, 9.17) is 9.47 Å². The summed E-state index contributed by atoms with van der Waals surface area (Å²) in [5.74, 6) is 1.85. The van der Waals surface area contributed by atoms with Crippen LogP contribution in [0.5, 0.6) is 17.2 Å². The summed E-state index contributed by atoms with van der Waals surface area (Å²) in [7, 11) is 0. The molecule has 0 unspecified atom stereocenters. The van der Waals surface area contributed by atoms with Gasteiger partial charge in [-0.25, -0.2) is 0 Å². The van der Waals surface area contributed by atoms with Crippen molar-refractivity contribution in [2.45, 2.75) is 26.2 Å². The molecule has 0 saturated carbocycles. The Bertz CT molecular complexity index is 532. The van der Waals surface area contributed by atoms with Gasteiger partial charge < -0.3 is 9.47 Å². The second-order valence-electron chi connectivity index (χ2n) is 4.46. The second-order valence-corrected chi connectivity index (χ2v) is 4.46. The van der Waals surface area contributed by atoms with E-state index in [1.807, 2.05) is 37.3 Å². The molecule has 0 aliphatic heterocycles. The average Bonchev–Trinajstić information content (AvgIpc) is 2.48. The summed E-state index contributed by atoms with van der Waals surface area (Å²) < 4.78 is 10.9. The Labute approximate surface area is 119 Å². The van der Waals surface area contributed by atoms with E-state index in [0.717, 1.165) is 18.6 Å². The maximum absolute atomic E-state index is 11.5. The molecule has 0 saturated heterocycles. The molecule has 2 aromatic rings. The quantitative estimate of drug-likeness (QED) is 0.569. The van der Waals surface area contributed by atoms with Crippen molar-refractivity contribution in [3.8, 4) is 17.2 Å². The minimum Gasteiger partial charge on any atom is -0.457 e. The Kier molecular flexibility index (Phi) is 5.18. The average molecular weight is 270 g/mol. The van der Waals surface area contributed by atoms with Crippen molar-refractivity contribution >= 4 is 5.97 Å². The lowest BCUT2D eigenvalue weighted by Gasteiger charge is -2.07. The van der Waals surface area contributed by atoms with Crippen LogP contribution in [0.2, 0.25) is 0 Å². The van der Waals surface area contributed by atoms with Gasteiger partial charge in [0.05, 0.1) is 0 Å². The Balaban J connectivity index is 1.91. The second kappa shape index (κ2) is 7.34. The molecule has 2 aromatic carbocycles. The zero-order valence-corrected chi connectivity index (χ0v) is 11.5. The van der Waals surface area contributed by atoms with E-state index in [0.29, 0.717) is 17.9 Å². The largest absolute Gasteiger partial charge is 0.457 e. The minimum absolute atomic E-state index is 0.191. The van der Waals surface area contributed by atoms with Crippen LogP contribution in [0.4, 0.5) is 0 Å². The lowest BCUT2D eigenvalue weighted by molar-refractivity contribution is -0.134. The van der Waals surface area contributed by atoms with Crippen molar-refractivity contribution in [3.05, 3.63) is 54.6 Å². The Morgan fingerprint density at radius 3 is 2.15 bits per heavy atom. The zero-order valence-electron chi connectivity index (χ0n) is 11.5. The molecule has 0 radical (unpaired) electrons. The number of rotatable bonds is 6. The van der Waals surface area contributed by atoms with Gasteiger partial charge in [0, 0.05) is 6.42 Å². The first-order chi connectivity index (χ1) is 9.78. The molecule has 0 spiro atoms. The molecule has 0 amide bonds. The highest BCUT2D eigenvalue weighted by atomic mass is 16.5. The van der Waals surface area contributed by atoms with Crippen LogP contribution in [-0.4, -0.2) is 5.97 Å². The summed E-state index contributed by atoms with van der Waals surface area (Å²) in [5, 5.41) is 0. The van der Waals surface area contributed by atoms with Gasteiger partial charge in [-0.05, 0) is 42.8 Å². The molecule has 0 atom stereocenters. The maximum Gasteiger partial charge on any atom is 0.311 e. The third-order valence-corrected chi connectivity index (χ3v) is 2.77. The van der Waals surface area contributed by atoms with Gasteiger partial charge in [-0.1, -0.05) is 31.5 Å². The minimum atomic E-state index is -0.191. The standard InChI is InChI=1S/C17H18O3/c1-2-3-9-17(18)20-16-12-10-15(11-13-16)19-14-7-5-4-6-8-14/h4-8,10-13H,2-3,9H2,1H3. The molecule has 3 nitrogen and oxygen atoms in total. The molecule has 20 heavy (non-hydrogen) atoms. The highest BCUT2D eigenvalue weighted by molar-refractivity contribution is 5.72. The number of hydrogen-bond acceptors (Lipinski definition) is 3. The molecule has 0 N–H and O–H groups in total. The Hall–Kier alpha value is -2.29. The van der Waals surface area contributed by atoms with Crippen LogP contribution in [0, 0.1) is 0 Å². The van der Waals surface area contributed by atoms with Gasteiger partial charge in [-0.2, -0.15) is 0 Å². The van der Waals surface area contributed by atoms with Crippen LogP contribution in [0.25, 0.3) is 0 Å². The summed E-state index contributed by atoms with van der Waals surface area (Å²) in [6.07, 6.45) is 2.30. The van der Waals surface area contributed by atoms with E-state index in [9.17, 15) is 4.79 Å². The molecule has 0 aromatic heterocycles. The SMILES string of the molecule is CCCCC(=O)Oc1ccc(Oc2ccccc2)cc1. The first-order valence-electron chi connectivity index (χ1n) is 6.81. The van der Waals surface area contributed by atoms with Gasteiger partial charge in [0.15, 0.2) is 0 Å².